The van der Waals surface area contributed by atoms with Crippen LogP contribution in [0.1, 0.15) is 26.3 Å². The van der Waals surface area contributed by atoms with Crippen molar-refractivity contribution in [2.24, 2.45) is 10.7 Å². The molecule has 0 amide bonds. The lowest BCUT2D eigenvalue weighted by atomic mass is 9.85. The molecule has 0 aromatic heterocycles. The number of hydrogen-bond acceptors (Lipinski definition) is 2. The van der Waals surface area contributed by atoms with Crippen LogP contribution in [-0.2, 0) is 10.2 Å². The summed E-state index contributed by atoms with van der Waals surface area (Å²) in [5.74, 6) is 0.466. The van der Waals surface area contributed by atoms with Gasteiger partial charge in [0.1, 0.15) is 0 Å². The third kappa shape index (κ3) is 6.56. The molecular weight excluding hydrogens is 365 g/mol. The molecule has 1 aromatic rings. The summed E-state index contributed by atoms with van der Waals surface area (Å²) in [6, 6.07) is 10.5. The summed E-state index contributed by atoms with van der Waals surface area (Å²) in [4.78, 5) is 4.42. The molecule has 4 nitrogen and oxygen atoms in total. The number of aliphatic imine (C=N–C) groups is 1. The van der Waals surface area contributed by atoms with Gasteiger partial charge >= 0.3 is 0 Å². The largest absolute Gasteiger partial charge is 0.383 e. The van der Waals surface area contributed by atoms with Crippen LogP contribution in [0.2, 0.25) is 0 Å². The Hall–Kier alpha value is -0.820. The highest BCUT2D eigenvalue weighted by Gasteiger charge is 2.19. The first kappa shape index (κ1) is 19.2. The Bertz CT molecular complexity index is 407. The smallest absolute Gasteiger partial charge is 0.188 e. The highest BCUT2D eigenvalue weighted by molar-refractivity contribution is 14.0. The molecule has 1 rings (SSSR count). The fraction of sp³-hybridized carbons (Fsp3) is 0.533. The highest BCUT2D eigenvalue weighted by atomic mass is 127. The van der Waals surface area contributed by atoms with Crippen molar-refractivity contribution in [1.29, 1.82) is 0 Å². The Morgan fingerprint density at radius 3 is 2.50 bits per heavy atom. The molecule has 114 valence electrons. The van der Waals surface area contributed by atoms with Gasteiger partial charge in [0.25, 0.3) is 0 Å². The Labute approximate surface area is 139 Å². The van der Waals surface area contributed by atoms with Crippen LogP contribution in [-0.4, -0.2) is 32.3 Å². The van der Waals surface area contributed by atoms with E-state index in [0.29, 0.717) is 19.1 Å². The molecule has 0 aliphatic heterocycles. The van der Waals surface area contributed by atoms with Crippen LogP contribution in [0.3, 0.4) is 0 Å². The van der Waals surface area contributed by atoms with Gasteiger partial charge in [0.05, 0.1) is 13.2 Å². The molecule has 0 saturated carbocycles. The standard InChI is InChI=1S/C15H25N3O.HI/c1-12(10-19-4)18-14(16)17-11-15(2,3)13-8-6-5-7-9-13;/h5-9,12H,10-11H2,1-4H3,(H3,16,17,18);1H. The number of nitrogens with zero attached hydrogens (tertiary/aromatic N) is 1. The molecule has 0 aliphatic carbocycles. The maximum absolute atomic E-state index is 5.87. The Morgan fingerprint density at radius 2 is 1.95 bits per heavy atom. The molecule has 0 fully saturated rings. The number of nitrogens with one attached hydrogen (secondary N) is 1. The molecular formula is C15H26IN3O. The summed E-state index contributed by atoms with van der Waals surface area (Å²) < 4.78 is 5.05. The predicted molar refractivity (Wildman–Crippen MR) is 95.8 cm³/mol. The third-order valence-corrected chi connectivity index (χ3v) is 3.01. The Balaban J connectivity index is 0.00000361. The number of halogens is 1. The zero-order valence-electron chi connectivity index (χ0n) is 12.7. The zero-order chi connectivity index (χ0) is 14.3. The molecule has 0 radical (unpaired) electrons. The van der Waals surface area contributed by atoms with E-state index in [1.165, 1.54) is 5.56 Å². The Kier molecular flexibility index (Phi) is 8.80. The summed E-state index contributed by atoms with van der Waals surface area (Å²) >= 11 is 0. The van der Waals surface area contributed by atoms with Crippen LogP contribution in [0.25, 0.3) is 0 Å². The van der Waals surface area contributed by atoms with Crippen molar-refractivity contribution < 1.29 is 4.74 Å². The fourth-order valence-electron chi connectivity index (χ4n) is 1.85. The zero-order valence-corrected chi connectivity index (χ0v) is 15.0. The van der Waals surface area contributed by atoms with Crippen molar-refractivity contribution in [3.8, 4) is 0 Å². The van der Waals surface area contributed by atoms with Gasteiger partial charge in [0.2, 0.25) is 0 Å². The van der Waals surface area contributed by atoms with E-state index in [4.69, 9.17) is 10.5 Å². The van der Waals surface area contributed by atoms with E-state index in [9.17, 15) is 0 Å². The number of hydrogen-bond donors (Lipinski definition) is 2. The van der Waals surface area contributed by atoms with Crippen molar-refractivity contribution in [3.63, 3.8) is 0 Å². The number of benzene rings is 1. The van der Waals surface area contributed by atoms with Gasteiger partial charge in [-0.2, -0.15) is 0 Å². The molecule has 20 heavy (non-hydrogen) atoms. The molecule has 1 atom stereocenters. The molecule has 0 heterocycles. The fourth-order valence-corrected chi connectivity index (χ4v) is 1.85. The first-order valence-corrected chi connectivity index (χ1v) is 6.56. The second-order valence-electron chi connectivity index (χ2n) is 5.45. The van der Waals surface area contributed by atoms with Gasteiger partial charge in [0, 0.05) is 18.6 Å². The lowest BCUT2D eigenvalue weighted by Crippen LogP contribution is -2.41. The molecule has 0 saturated heterocycles. The van der Waals surface area contributed by atoms with Crippen LogP contribution < -0.4 is 11.1 Å². The Morgan fingerprint density at radius 1 is 1.35 bits per heavy atom. The van der Waals surface area contributed by atoms with Crippen LogP contribution in [0.5, 0.6) is 0 Å². The topological polar surface area (TPSA) is 59.6 Å². The SMILES string of the molecule is COCC(C)NC(N)=NCC(C)(C)c1ccccc1.I. The van der Waals surface area contributed by atoms with Crippen LogP contribution >= 0.6 is 24.0 Å². The van der Waals surface area contributed by atoms with E-state index < -0.39 is 0 Å². The minimum absolute atomic E-state index is 0. The van der Waals surface area contributed by atoms with Crippen LogP contribution in [0, 0.1) is 0 Å². The summed E-state index contributed by atoms with van der Waals surface area (Å²) in [6.45, 7) is 7.59. The van der Waals surface area contributed by atoms with Gasteiger partial charge in [-0.15, -0.1) is 24.0 Å². The highest BCUT2D eigenvalue weighted by Crippen LogP contribution is 2.22. The minimum atomic E-state index is -0.0297. The van der Waals surface area contributed by atoms with Crippen molar-refractivity contribution >= 4 is 29.9 Å². The van der Waals surface area contributed by atoms with Gasteiger partial charge in [0.15, 0.2) is 5.96 Å². The number of ether oxygens (including phenoxy) is 1. The van der Waals surface area contributed by atoms with Crippen molar-refractivity contribution in [1.82, 2.24) is 5.32 Å². The molecule has 0 bridgehead atoms. The predicted octanol–water partition coefficient (Wildman–Crippen LogP) is 2.52. The summed E-state index contributed by atoms with van der Waals surface area (Å²) in [5, 5.41) is 3.11. The summed E-state index contributed by atoms with van der Waals surface area (Å²) in [7, 11) is 1.67. The van der Waals surface area contributed by atoms with Crippen molar-refractivity contribution in [2.75, 3.05) is 20.3 Å². The van der Waals surface area contributed by atoms with Gasteiger partial charge in [-0.1, -0.05) is 44.2 Å². The van der Waals surface area contributed by atoms with Gasteiger partial charge in [-0.05, 0) is 12.5 Å². The molecule has 0 spiro atoms. The lowest BCUT2D eigenvalue weighted by molar-refractivity contribution is 0.179. The first-order chi connectivity index (χ1) is 8.95. The number of nitrogens with two attached hydrogens (primary N) is 1. The first-order valence-electron chi connectivity index (χ1n) is 6.56. The average molecular weight is 391 g/mol. The van der Waals surface area contributed by atoms with E-state index in [0.717, 1.165) is 0 Å². The molecule has 5 heteroatoms. The quantitative estimate of drug-likeness (QED) is 0.445. The normalized spacial score (nSPS) is 13.5. The van der Waals surface area contributed by atoms with Crippen molar-refractivity contribution in [3.05, 3.63) is 35.9 Å². The summed E-state index contributed by atoms with van der Waals surface area (Å²) in [5.41, 5.74) is 7.10. The average Bonchev–Trinajstić information content (AvgIpc) is 2.38. The molecule has 1 unspecified atom stereocenters. The molecule has 1 aromatic carbocycles. The second-order valence-corrected chi connectivity index (χ2v) is 5.45. The van der Waals surface area contributed by atoms with E-state index in [1.54, 1.807) is 7.11 Å². The summed E-state index contributed by atoms with van der Waals surface area (Å²) in [6.07, 6.45) is 0. The van der Waals surface area contributed by atoms with Gasteiger partial charge in [-0.25, -0.2) is 0 Å². The van der Waals surface area contributed by atoms with E-state index in [1.807, 2.05) is 25.1 Å². The molecule has 3 N–H and O–H groups in total. The number of rotatable bonds is 6. The van der Waals surface area contributed by atoms with Crippen LogP contribution in [0.4, 0.5) is 0 Å². The lowest BCUT2D eigenvalue weighted by Gasteiger charge is -2.23. The second kappa shape index (κ2) is 9.18. The van der Waals surface area contributed by atoms with Gasteiger partial charge in [-0.3, -0.25) is 4.99 Å². The van der Waals surface area contributed by atoms with Gasteiger partial charge < -0.3 is 15.8 Å². The van der Waals surface area contributed by atoms with E-state index in [-0.39, 0.29) is 35.4 Å². The monoisotopic (exact) mass is 391 g/mol. The third-order valence-electron chi connectivity index (χ3n) is 3.01. The van der Waals surface area contributed by atoms with E-state index >= 15 is 0 Å². The minimum Gasteiger partial charge on any atom is -0.383 e. The van der Waals surface area contributed by atoms with E-state index in [2.05, 4.69) is 36.3 Å². The number of guanidine groups is 1. The number of methoxy groups -OCH3 is 1. The van der Waals surface area contributed by atoms with Crippen molar-refractivity contribution in [2.45, 2.75) is 32.2 Å². The molecule has 0 aliphatic rings. The maximum atomic E-state index is 5.87. The maximum Gasteiger partial charge on any atom is 0.188 e. The van der Waals surface area contributed by atoms with Crippen LogP contribution in [0.15, 0.2) is 35.3 Å².